The van der Waals surface area contributed by atoms with E-state index in [0.29, 0.717) is 17.7 Å². The summed E-state index contributed by atoms with van der Waals surface area (Å²) in [6.45, 7) is 0.813. The van der Waals surface area contributed by atoms with Gasteiger partial charge in [-0.05, 0) is 31.4 Å². The lowest BCUT2D eigenvalue weighted by Gasteiger charge is -2.09. The first kappa shape index (κ1) is 12.8. The van der Waals surface area contributed by atoms with Crippen molar-refractivity contribution in [3.8, 4) is 0 Å². The summed E-state index contributed by atoms with van der Waals surface area (Å²) in [7, 11) is 0. The summed E-state index contributed by atoms with van der Waals surface area (Å²) in [6, 6.07) is 6.89. The lowest BCUT2D eigenvalue weighted by atomic mass is 10.1. The second-order valence-electron chi connectivity index (χ2n) is 4.47. The van der Waals surface area contributed by atoms with Crippen LogP contribution in [-0.2, 0) is 9.53 Å². The summed E-state index contributed by atoms with van der Waals surface area (Å²) < 4.78 is 5.46. The maximum atomic E-state index is 11.7. The second-order valence-corrected chi connectivity index (χ2v) is 4.47. The van der Waals surface area contributed by atoms with Gasteiger partial charge < -0.3 is 10.1 Å². The molecule has 1 heterocycles. The molecule has 0 aliphatic carbocycles. The fourth-order valence-electron chi connectivity index (χ4n) is 2.08. The molecule has 0 bridgehead atoms. The van der Waals surface area contributed by atoms with E-state index in [1.807, 2.05) is 0 Å². The van der Waals surface area contributed by atoms with Crippen LogP contribution in [0.3, 0.4) is 0 Å². The van der Waals surface area contributed by atoms with Gasteiger partial charge in [0.05, 0.1) is 6.10 Å². The van der Waals surface area contributed by atoms with Crippen LogP contribution in [0, 0.1) is 0 Å². The summed E-state index contributed by atoms with van der Waals surface area (Å²) in [4.78, 5) is 22.3. The van der Waals surface area contributed by atoms with Gasteiger partial charge in [0, 0.05) is 24.3 Å². The first-order chi connectivity index (χ1) is 8.78. The smallest absolute Gasteiger partial charge is 0.224 e. The Balaban J connectivity index is 1.80. The van der Waals surface area contributed by atoms with Gasteiger partial charge in [0.15, 0.2) is 0 Å². The SMILES string of the molecule is O=Cc1cccc(NC(=O)CCC2CCCO2)c1. The molecule has 18 heavy (non-hydrogen) atoms. The van der Waals surface area contributed by atoms with Gasteiger partial charge in [-0.15, -0.1) is 0 Å². The Kier molecular flexibility index (Phi) is 4.47. The molecular weight excluding hydrogens is 230 g/mol. The highest BCUT2D eigenvalue weighted by Gasteiger charge is 2.16. The molecule has 0 spiro atoms. The highest BCUT2D eigenvalue weighted by Crippen LogP contribution is 2.17. The van der Waals surface area contributed by atoms with E-state index in [0.717, 1.165) is 32.2 Å². The predicted molar refractivity (Wildman–Crippen MR) is 68.7 cm³/mol. The number of anilines is 1. The zero-order valence-corrected chi connectivity index (χ0v) is 10.2. The molecule has 4 heteroatoms. The molecule has 1 atom stereocenters. The van der Waals surface area contributed by atoms with Crippen LogP contribution in [0.15, 0.2) is 24.3 Å². The van der Waals surface area contributed by atoms with Crippen LogP contribution in [0.2, 0.25) is 0 Å². The Morgan fingerprint density at radius 1 is 1.50 bits per heavy atom. The fourth-order valence-corrected chi connectivity index (χ4v) is 2.08. The zero-order chi connectivity index (χ0) is 12.8. The third kappa shape index (κ3) is 3.67. The summed E-state index contributed by atoms with van der Waals surface area (Å²) >= 11 is 0. The van der Waals surface area contributed by atoms with Crippen LogP contribution in [0.1, 0.15) is 36.0 Å². The van der Waals surface area contributed by atoms with Crippen molar-refractivity contribution in [2.75, 3.05) is 11.9 Å². The quantitative estimate of drug-likeness (QED) is 0.813. The number of benzene rings is 1. The minimum Gasteiger partial charge on any atom is -0.378 e. The molecule has 1 aromatic carbocycles. The van der Waals surface area contributed by atoms with Gasteiger partial charge in [-0.2, -0.15) is 0 Å². The predicted octanol–water partition coefficient (Wildman–Crippen LogP) is 2.40. The number of hydrogen-bond acceptors (Lipinski definition) is 3. The van der Waals surface area contributed by atoms with Crippen LogP contribution in [0.25, 0.3) is 0 Å². The van der Waals surface area contributed by atoms with Gasteiger partial charge in [0.25, 0.3) is 0 Å². The van der Waals surface area contributed by atoms with E-state index in [9.17, 15) is 9.59 Å². The molecule has 1 unspecified atom stereocenters. The number of ether oxygens (including phenoxy) is 1. The normalized spacial score (nSPS) is 18.6. The molecule has 1 fully saturated rings. The zero-order valence-electron chi connectivity index (χ0n) is 10.2. The van der Waals surface area contributed by atoms with Gasteiger partial charge >= 0.3 is 0 Å². The Hall–Kier alpha value is -1.68. The van der Waals surface area contributed by atoms with Crippen LogP contribution in [-0.4, -0.2) is 24.9 Å². The van der Waals surface area contributed by atoms with Gasteiger partial charge in [-0.25, -0.2) is 0 Å². The number of hydrogen-bond donors (Lipinski definition) is 1. The number of aldehydes is 1. The third-order valence-corrected chi connectivity index (χ3v) is 3.02. The highest BCUT2D eigenvalue weighted by atomic mass is 16.5. The molecule has 4 nitrogen and oxygen atoms in total. The lowest BCUT2D eigenvalue weighted by Crippen LogP contribution is -2.15. The minimum atomic E-state index is -0.0338. The van der Waals surface area contributed by atoms with Crippen LogP contribution in [0.5, 0.6) is 0 Å². The monoisotopic (exact) mass is 247 g/mol. The number of carbonyl (C=O) groups is 2. The van der Waals surface area contributed by atoms with Crippen molar-refractivity contribution in [1.82, 2.24) is 0 Å². The molecule has 1 N–H and O–H groups in total. The second kappa shape index (κ2) is 6.31. The topological polar surface area (TPSA) is 55.4 Å². The van der Waals surface area contributed by atoms with Crippen molar-refractivity contribution in [1.29, 1.82) is 0 Å². The van der Waals surface area contributed by atoms with Gasteiger partial charge in [0.1, 0.15) is 6.29 Å². The Labute approximate surface area is 106 Å². The molecule has 0 saturated carbocycles. The molecular formula is C14H17NO3. The highest BCUT2D eigenvalue weighted by molar-refractivity contribution is 5.91. The van der Waals surface area contributed by atoms with Crippen molar-refractivity contribution >= 4 is 17.9 Å². The molecule has 1 aliphatic rings. The number of rotatable bonds is 5. The maximum Gasteiger partial charge on any atom is 0.224 e. The molecule has 1 saturated heterocycles. The molecule has 0 radical (unpaired) electrons. The van der Waals surface area contributed by atoms with Crippen molar-refractivity contribution in [3.63, 3.8) is 0 Å². The largest absolute Gasteiger partial charge is 0.378 e. The molecule has 96 valence electrons. The fraction of sp³-hybridized carbons (Fsp3) is 0.429. The van der Waals surface area contributed by atoms with Crippen molar-refractivity contribution < 1.29 is 14.3 Å². The van der Waals surface area contributed by atoms with E-state index in [1.54, 1.807) is 24.3 Å². The van der Waals surface area contributed by atoms with E-state index in [2.05, 4.69) is 5.32 Å². The average molecular weight is 247 g/mol. The first-order valence-electron chi connectivity index (χ1n) is 6.24. The molecule has 1 aromatic rings. The van der Waals surface area contributed by atoms with Gasteiger partial charge in [-0.1, -0.05) is 12.1 Å². The molecule has 0 aromatic heterocycles. The van der Waals surface area contributed by atoms with Crippen molar-refractivity contribution in [2.45, 2.75) is 31.8 Å². The Bertz CT molecular complexity index is 425. The summed E-state index contributed by atoms with van der Waals surface area (Å²) in [5, 5.41) is 2.79. The third-order valence-electron chi connectivity index (χ3n) is 3.02. The summed E-state index contributed by atoms with van der Waals surface area (Å²) in [6.07, 6.45) is 4.36. The summed E-state index contributed by atoms with van der Waals surface area (Å²) in [5.74, 6) is -0.0338. The lowest BCUT2D eigenvalue weighted by molar-refractivity contribution is -0.116. The molecule has 2 rings (SSSR count). The maximum absolute atomic E-state index is 11.7. The van der Waals surface area contributed by atoms with Crippen LogP contribution >= 0.6 is 0 Å². The average Bonchev–Trinajstić information content (AvgIpc) is 2.90. The standard InChI is InChI=1S/C14H17NO3/c16-10-11-3-1-4-12(9-11)15-14(17)7-6-13-5-2-8-18-13/h1,3-4,9-10,13H,2,5-8H2,(H,15,17). The minimum absolute atomic E-state index is 0.0338. The van der Waals surface area contributed by atoms with Crippen molar-refractivity contribution in [3.05, 3.63) is 29.8 Å². The van der Waals surface area contributed by atoms with Gasteiger partial charge in [-0.3, -0.25) is 9.59 Å². The van der Waals surface area contributed by atoms with E-state index >= 15 is 0 Å². The number of amides is 1. The molecule has 1 aliphatic heterocycles. The Morgan fingerprint density at radius 2 is 2.39 bits per heavy atom. The molecule has 1 amide bonds. The number of carbonyl (C=O) groups excluding carboxylic acids is 2. The van der Waals surface area contributed by atoms with E-state index in [1.165, 1.54) is 0 Å². The van der Waals surface area contributed by atoms with Crippen LogP contribution < -0.4 is 5.32 Å². The van der Waals surface area contributed by atoms with E-state index < -0.39 is 0 Å². The van der Waals surface area contributed by atoms with Crippen molar-refractivity contribution in [2.24, 2.45) is 0 Å². The van der Waals surface area contributed by atoms with E-state index in [-0.39, 0.29) is 12.0 Å². The Morgan fingerprint density at radius 3 is 3.11 bits per heavy atom. The number of nitrogens with one attached hydrogen (secondary N) is 1. The van der Waals surface area contributed by atoms with E-state index in [4.69, 9.17) is 4.74 Å². The summed E-state index contributed by atoms with van der Waals surface area (Å²) in [5.41, 5.74) is 1.23. The van der Waals surface area contributed by atoms with Crippen LogP contribution in [0.4, 0.5) is 5.69 Å². The van der Waals surface area contributed by atoms with Gasteiger partial charge in [0.2, 0.25) is 5.91 Å². The first-order valence-corrected chi connectivity index (χ1v) is 6.24.